The molecule has 6 nitrogen and oxygen atoms in total. The van der Waals surface area contributed by atoms with Crippen molar-refractivity contribution in [3.63, 3.8) is 0 Å². The number of hydrogen-bond donors (Lipinski definition) is 2. The second kappa shape index (κ2) is 8.35. The number of thioether (sulfide) groups is 1. The van der Waals surface area contributed by atoms with E-state index in [0.717, 1.165) is 23.9 Å². The summed E-state index contributed by atoms with van der Waals surface area (Å²) in [4.78, 5) is 16.9. The van der Waals surface area contributed by atoms with Gasteiger partial charge in [-0.25, -0.2) is 4.98 Å². The van der Waals surface area contributed by atoms with E-state index in [0.29, 0.717) is 22.6 Å². The number of nitrogen functional groups attached to an aromatic ring is 2. The van der Waals surface area contributed by atoms with Crippen molar-refractivity contribution in [1.29, 1.82) is 5.26 Å². The van der Waals surface area contributed by atoms with Gasteiger partial charge in [0.2, 0.25) is 0 Å². The summed E-state index contributed by atoms with van der Waals surface area (Å²) >= 11 is 1.03. The van der Waals surface area contributed by atoms with Crippen LogP contribution in [0.4, 0.5) is 24.7 Å². The number of alkyl halides is 3. The largest absolute Gasteiger partial charge is 0.416 e. The number of pyridine rings is 1. The van der Waals surface area contributed by atoms with Gasteiger partial charge in [-0.05, 0) is 38.1 Å². The van der Waals surface area contributed by atoms with Crippen LogP contribution >= 0.6 is 11.8 Å². The molecule has 3 aromatic rings. The predicted octanol–water partition coefficient (Wildman–Crippen LogP) is 4.52. The molecule has 31 heavy (non-hydrogen) atoms. The zero-order valence-corrected chi connectivity index (χ0v) is 17.4. The third-order valence-corrected chi connectivity index (χ3v) is 5.63. The lowest BCUT2D eigenvalue weighted by molar-refractivity contribution is -0.137. The average molecular weight is 445 g/mol. The van der Waals surface area contributed by atoms with Crippen molar-refractivity contribution >= 4 is 29.1 Å². The van der Waals surface area contributed by atoms with Gasteiger partial charge in [0.1, 0.15) is 22.5 Å². The van der Waals surface area contributed by atoms with Crippen LogP contribution in [0.15, 0.2) is 41.4 Å². The van der Waals surface area contributed by atoms with Gasteiger partial charge < -0.3 is 16.0 Å². The molecule has 0 aliphatic carbocycles. The lowest BCUT2D eigenvalue weighted by Crippen LogP contribution is -2.08. The normalized spacial score (nSPS) is 11.4. The third kappa shape index (κ3) is 4.51. The first-order valence-corrected chi connectivity index (χ1v) is 10.00. The van der Waals surface area contributed by atoms with E-state index in [-0.39, 0.29) is 33.6 Å². The number of anilines is 2. The number of hydrogen-bond acceptors (Lipinski definition) is 6. The zero-order valence-electron chi connectivity index (χ0n) is 16.6. The average Bonchev–Trinajstić information content (AvgIpc) is 2.99. The number of halogens is 3. The van der Waals surface area contributed by atoms with Gasteiger partial charge in [-0.3, -0.25) is 4.79 Å². The van der Waals surface area contributed by atoms with E-state index in [1.807, 2.05) is 6.07 Å². The van der Waals surface area contributed by atoms with E-state index in [4.69, 9.17) is 11.5 Å². The van der Waals surface area contributed by atoms with Crippen LogP contribution in [0.1, 0.15) is 32.9 Å². The second-order valence-corrected chi connectivity index (χ2v) is 7.77. The highest BCUT2D eigenvalue weighted by molar-refractivity contribution is 8.00. The Kier molecular flexibility index (Phi) is 5.99. The van der Waals surface area contributed by atoms with Crippen molar-refractivity contribution in [2.45, 2.75) is 25.0 Å². The van der Waals surface area contributed by atoms with Crippen LogP contribution in [0.2, 0.25) is 0 Å². The van der Waals surface area contributed by atoms with Crippen LogP contribution < -0.4 is 11.5 Å². The Morgan fingerprint density at radius 2 is 1.94 bits per heavy atom. The molecule has 0 unspecified atom stereocenters. The number of nitrogens with zero attached hydrogens (tertiary/aromatic N) is 3. The van der Waals surface area contributed by atoms with Crippen LogP contribution in [0, 0.1) is 25.2 Å². The number of carbonyl (C=O) groups excluding carboxylic acids is 1. The van der Waals surface area contributed by atoms with Crippen LogP contribution in [0.25, 0.3) is 5.69 Å². The predicted molar refractivity (Wildman–Crippen MR) is 113 cm³/mol. The molecule has 0 spiro atoms. The summed E-state index contributed by atoms with van der Waals surface area (Å²) in [6.07, 6.45) is -4.47. The minimum atomic E-state index is -4.47. The molecule has 0 saturated carbocycles. The molecule has 4 N–H and O–H groups in total. The van der Waals surface area contributed by atoms with Gasteiger partial charge in [0.15, 0.2) is 5.78 Å². The monoisotopic (exact) mass is 445 g/mol. The molecule has 0 bridgehead atoms. The molecule has 0 aliphatic rings. The molecule has 0 aliphatic heterocycles. The smallest absolute Gasteiger partial charge is 0.397 e. The molecule has 160 valence electrons. The zero-order chi connectivity index (χ0) is 22.9. The minimum absolute atomic E-state index is 0.0442. The number of aryl methyl sites for hydroxylation is 1. The summed E-state index contributed by atoms with van der Waals surface area (Å²) in [5.41, 5.74) is 12.8. The Bertz CT molecular complexity index is 1210. The fourth-order valence-electron chi connectivity index (χ4n) is 3.25. The molecular weight excluding hydrogens is 427 g/mol. The maximum absolute atomic E-state index is 13.1. The van der Waals surface area contributed by atoms with Crippen molar-refractivity contribution < 1.29 is 18.0 Å². The highest BCUT2D eigenvalue weighted by Crippen LogP contribution is 2.32. The van der Waals surface area contributed by atoms with Crippen LogP contribution in [0.3, 0.4) is 0 Å². The van der Waals surface area contributed by atoms with Crippen LogP contribution in [0.5, 0.6) is 0 Å². The van der Waals surface area contributed by atoms with Crippen LogP contribution in [-0.4, -0.2) is 21.1 Å². The Balaban J connectivity index is 1.90. The molecule has 0 amide bonds. The highest BCUT2D eigenvalue weighted by atomic mass is 32.2. The lowest BCUT2D eigenvalue weighted by Gasteiger charge is -2.13. The standard InChI is InChI=1S/C21H18F3N5OS/c1-11-6-15(12(2)29(11)14-5-3-4-13(7-14)21(22,23)24)18(30)10-31-20-16(9-25)17(26)8-19(27)28-20/h3-8H,10H2,1-2H3,(H4,26,27,28). The number of benzene rings is 1. The first-order valence-electron chi connectivity index (χ1n) is 9.01. The van der Waals surface area contributed by atoms with E-state index >= 15 is 0 Å². The summed E-state index contributed by atoms with van der Waals surface area (Å²) < 4.78 is 40.9. The molecule has 0 radical (unpaired) electrons. The number of Topliss-reactive ketones (excluding diaryl/α,β-unsaturated/α-hetero) is 1. The quantitative estimate of drug-likeness (QED) is 0.441. The SMILES string of the molecule is Cc1cc(C(=O)CSc2nc(N)cc(N)c2C#N)c(C)n1-c1cccc(C(F)(F)F)c1. The number of aromatic nitrogens is 2. The Morgan fingerprint density at radius 3 is 2.58 bits per heavy atom. The molecule has 2 heterocycles. The summed E-state index contributed by atoms with van der Waals surface area (Å²) in [6.45, 7) is 3.38. The summed E-state index contributed by atoms with van der Waals surface area (Å²) in [7, 11) is 0. The first-order chi connectivity index (χ1) is 14.5. The Hall–Kier alpha value is -3.45. The number of rotatable bonds is 5. The lowest BCUT2D eigenvalue weighted by atomic mass is 10.1. The summed E-state index contributed by atoms with van der Waals surface area (Å²) in [6, 6.07) is 9.87. The van der Waals surface area contributed by atoms with Gasteiger partial charge in [0.25, 0.3) is 0 Å². The highest BCUT2D eigenvalue weighted by Gasteiger charge is 2.31. The maximum Gasteiger partial charge on any atom is 0.416 e. The van der Waals surface area contributed by atoms with Gasteiger partial charge in [-0.1, -0.05) is 17.8 Å². The van der Waals surface area contributed by atoms with E-state index in [9.17, 15) is 23.2 Å². The van der Waals surface area contributed by atoms with Crippen molar-refractivity contribution in [3.8, 4) is 11.8 Å². The first kappa shape index (κ1) is 22.2. The van der Waals surface area contributed by atoms with Gasteiger partial charge in [0.05, 0.1) is 17.0 Å². The number of nitriles is 1. The summed E-state index contributed by atoms with van der Waals surface area (Å²) in [5.74, 6) is -0.172. The molecule has 3 rings (SSSR count). The molecular formula is C21H18F3N5OS. The van der Waals surface area contributed by atoms with Gasteiger partial charge in [0, 0.05) is 28.7 Å². The van der Waals surface area contributed by atoms with Gasteiger partial charge in [-0.15, -0.1) is 0 Å². The summed E-state index contributed by atoms with van der Waals surface area (Å²) in [5, 5.41) is 9.52. The van der Waals surface area contributed by atoms with Gasteiger partial charge >= 0.3 is 6.18 Å². The number of nitrogens with two attached hydrogens (primary N) is 2. The molecule has 0 fully saturated rings. The Morgan fingerprint density at radius 1 is 1.23 bits per heavy atom. The molecule has 10 heteroatoms. The second-order valence-electron chi connectivity index (χ2n) is 6.81. The van der Waals surface area contributed by atoms with Crippen molar-refractivity contribution in [2.24, 2.45) is 0 Å². The maximum atomic E-state index is 13.1. The third-order valence-electron chi connectivity index (χ3n) is 4.65. The van der Waals surface area contributed by atoms with E-state index in [2.05, 4.69) is 4.98 Å². The molecule has 0 saturated heterocycles. The fraction of sp³-hybridized carbons (Fsp3) is 0.190. The number of ketones is 1. The number of carbonyl (C=O) groups is 1. The molecule has 1 aromatic carbocycles. The van der Waals surface area contributed by atoms with Crippen molar-refractivity contribution in [3.05, 3.63) is 64.5 Å². The van der Waals surface area contributed by atoms with Crippen molar-refractivity contribution in [1.82, 2.24) is 9.55 Å². The fourth-order valence-corrected chi connectivity index (χ4v) is 4.15. The van der Waals surface area contributed by atoms with E-state index < -0.39 is 11.7 Å². The van der Waals surface area contributed by atoms with E-state index in [1.165, 1.54) is 12.1 Å². The van der Waals surface area contributed by atoms with Gasteiger partial charge in [-0.2, -0.15) is 18.4 Å². The Labute approximate surface area is 180 Å². The molecule has 0 atom stereocenters. The topological polar surface area (TPSA) is 111 Å². The van der Waals surface area contributed by atoms with Crippen LogP contribution in [-0.2, 0) is 6.18 Å². The molecule has 2 aromatic heterocycles. The van der Waals surface area contributed by atoms with E-state index in [1.54, 1.807) is 30.5 Å². The minimum Gasteiger partial charge on any atom is -0.397 e. The van der Waals surface area contributed by atoms with Crippen molar-refractivity contribution in [2.75, 3.05) is 17.2 Å².